The van der Waals surface area contributed by atoms with Crippen molar-refractivity contribution in [3.63, 3.8) is 0 Å². The topological polar surface area (TPSA) is 79.5 Å². The number of rotatable bonds is 4. The summed E-state index contributed by atoms with van der Waals surface area (Å²) < 4.78 is 30.2. The molecule has 0 spiro atoms. The Morgan fingerprint density at radius 1 is 1.36 bits per heavy atom. The van der Waals surface area contributed by atoms with Crippen LogP contribution in [0.3, 0.4) is 0 Å². The fourth-order valence-electron chi connectivity index (χ4n) is 2.42. The van der Waals surface area contributed by atoms with Crippen molar-refractivity contribution < 1.29 is 18.6 Å². The quantitative estimate of drug-likeness (QED) is 0.920. The van der Waals surface area contributed by atoms with Crippen LogP contribution in [0, 0.1) is 5.82 Å². The summed E-state index contributed by atoms with van der Waals surface area (Å²) >= 11 is 0. The molecule has 0 unspecified atom stereocenters. The Labute approximate surface area is 127 Å². The minimum Gasteiger partial charge on any atom is -0.481 e. The Bertz CT molecular complexity index is 660. The van der Waals surface area contributed by atoms with Crippen LogP contribution in [0.4, 0.5) is 4.39 Å². The van der Waals surface area contributed by atoms with Gasteiger partial charge in [-0.15, -0.1) is 0 Å². The molecule has 0 bridgehead atoms. The van der Waals surface area contributed by atoms with Crippen LogP contribution in [0.15, 0.2) is 18.3 Å². The third-order valence-electron chi connectivity index (χ3n) is 3.57. The first-order chi connectivity index (χ1) is 10.7. The molecular formula is C15H18FN3O3. The van der Waals surface area contributed by atoms with Crippen LogP contribution >= 0.6 is 0 Å². The maximum Gasteiger partial charge on any atom is 0.213 e. The van der Waals surface area contributed by atoms with Gasteiger partial charge in [0.2, 0.25) is 5.88 Å². The second-order valence-corrected chi connectivity index (χ2v) is 5.20. The van der Waals surface area contributed by atoms with E-state index >= 15 is 0 Å². The molecule has 2 aromatic rings. The van der Waals surface area contributed by atoms with Crippen molar-refractivity contribution in [1.82, 2.24) is 9.97 Å². The van der Waals surface area contributed by atoms with E-state index in [1.54, 1.807) is 12.1 Å². The molecule has 3 rings (SSSR count). The smallest absolute Gasteiger partial charge is 0.213 e. The molecule has 2 N–H and O–H groups in total. The van der Waals surface area contributed by atoms with Gasteiger partial charge in [0.1, 0.15) is 5.82 Å². The van der Waals surface area contributed by atoms with Gasteiger partial charge < -0.3 is 19.9 Å². The highest BCUT2D eigenvalue weighted by atomic mass is 19.1. The van der Waals surface area contributed by atoms with Gasteiger partial charge in [0.25, 0.3) is 0 Å². The number of nitrogens with two attached hydrogens (primary N) is 1. The van der Waals surface area contributed by atoms with Crippen LogP contribution in [0.2, 0.25) is 0 Å². The maximum absolute atomic E-state index is 14.1. The summed E-state index contributed by atoms with van der Waals surface area (Å²) in [6.45, 7) is 0.909. The molecule has 2 aromatic heterocycles. The normalized spacial score (nSPS) is 22.0. The van der Waals surface area contributed by atoms with E-state index in [0.717, 1.165) is 0 Å². The SMILES string of the molecule is COc1ccc2ncc(F)c(CC[C@H]3OC[C@H](N)CO3)c2n1. The van der Waals surface area contributed by atoms with Crippen LogP contribution in [0.25, 0.3) is 11.0 Å². The van der Waals surface area contributed by atoms with E-state index in [4.69, 9.17) is 19.9 Å². The van der Waals surface area contributed by atoms with Gasteiger partial charge in [-0.05, 0) is 12.5 Å². The minimum atomic E-state index is -0.388. The Morgan fingerprint density at radius 3 is 2.86 bits per heavy atom. The summed E-state index contributed by atoms with van der Waals surface area (Å²) in [7, 11) is 1.52. The lowest BCUT2D eigenvalue weighted by atomic mass is 10.1. The number of methoxy groups -OCH3 is 1. The number of fused-ring (bicyclic) bond motifs is 1. The summed E-state index contributed by atoms with van der Waals surface area (Å²) in [4.78, 5) is 8.35. The predicted molar refractivity (Wildman–Crippen MR) is 78.0 cm³/mol. The van der Waals surface area contributed by atoms with Crippen LogP contribution < -0.4 is 10.5 Å². The Balaban J connectivity index is 1.81. The van der Waals surface area contributed by atoms with Gasteiger partial charge in [-0.3, -0.25) is 4.98 Å². The number of hydrogen-bond donors (Lipinski definition) is 1. The molecule has 0 aliphatic carbocycles. The van der Waals surface area contributed by atoms with Crippen molar-refractivity contribution in [3.8, 4) is 5.88 Å². The van der Waals surface area contributed by atoms with E-state index in [1.165, 1.54) is 13.3 Å². The van der Waals surface area contributed by atoms with Crippen LogP contribution in [-0.4, -0.2) is 42.6 Å². The molecular weight excluding hydrogens is 289 g/mol. The number of aromatic nitrogens is 2. The van der Waals surface area contributed by atoms with Crippen LogP contribution in [0.1, 0.15) is 12.0 Å². The lowest BCUT2D eigenvalue weighted by Crippen LogP contribution is -2.41. The first-order valence-corrected chi connectivity index (χ1v) is 7.14. The molecule has 0 amide bonds. The number of ether oxygens (including phenoxy) is 3. The van der Waals surface area contributed by atoms with Gasteiger partial charge in [-0.1, -0.05) is 0 Å². The number of hydrogen-bond acceptors (Lipinski definition) is 6. The molecule has 118 valence electrons. The lowest BCUT2D eigenvalue weighted by molar-refractivity contribution is -0.187. The van der Waals surface area contributed by atoms with E-state index < -0.39 is 0 Å². The fraction of sp³-hybridized carbons (Fsp3) is 0.467. The highest BCUT2D eigenvalue weighted by Gasteiger charge is 2.21. The van der Waals surface area contributed by atoms with E-state index in [-0.39, 0.29) is 18.1 Å². The monoisotopic (exact) mass is 307 g/mol. The third-order valence-corrected chi connectivity index (χ3v) is 3.57. The summed E-state index contributed by atoms with van der Waals surface area (Å²) in [5.41, 5.74) is 7.32. The first kappa shape index (κ1) is 15.1. The summed E-state index contributed by atoms with van der Waals surface area (Å²) in [5.74, 6) is 0.0399. The molecule has 1 aliphatic heterocycles. The van der Waals surface area contributed by atoms with Gasteiger partial charge >= 0.3 is 0 Å². The fourth-order valence-corrected chi connectivity index (χ4v) is 2.42. The molecule has 3 heterocycles. The molecule has 1 fully saturated rings. The van der Waals surface area contributed by atoms with Gasteiger partial charge in [-0.2, -0.15) is 0 Å². The Kier molecular flexibility index (Phi) is 4.47. The zero-order valence-electron chi connectivity index (χ0n) is 12.3. The molecule has 1 aliphatic rings. The molecule has 0 saturated carbocycles. The predicted octanol–water partition coefficient (Wildman–Crippen LogP) is 1.41. The van der Waals surface area contributed by atoms with Gasteiger partial charge in [0.05, 0.1) is 43.6 Å². The largest absolute Gasteiger partial charge is 0.481 e. The number of nitrogens with zero attached hydrogens (tertiary/aromatic N) is 2. The van der Waals surface area contributed by atoms with Crippen LogP contribution in [0.5, 0.6) is 5.88 Å². The Hall–Kier alpha value is -1.83. The molecule has 0 atom stereocenters. The highest BCUT2D eigenvalue weighted by Crippen LogP contribution is 2.23. The van der Waals surface area contributed by atoms with E-state index in [9.17, 15) is 4.39 Å². The number of pyridine rings is 2. The van der Waals surface area contributed by atoms with Crippen molar-refractivity contribution in [2.75, 3.05) is 20.3 Å². The van der Waals surface area contributed by atoms with Gasteiger partial charge in [0.15, 0.2) is 6.29 Å². The summed E-state index contributed by atoms with van der Waals surface area (Å²) in [6, 6.07) is 3.36. The molecule has 22 heavy (non-hydrogen) atoms. The third kappa shape index (κ3) is 3.16. The molecule has 0 aromatic carbocycles. The number of halogens is 1. The van der Waals surface area contributed by atoms with Gasteiger partial charge in [0, 0.05) is 18.1 Å². The second-order valence-electron chi connectivity index (χ2n) is 5.20. The van der Waals surface area contributed by atoms with E-state index in [1.807, 2.05) is 0 Å². The highest BCUT2D eigenvalue weighted by molar-refractivity contribution is 5.78. The van der Waals surface area contributed by atoms with Crippen molar-refractivity contribution in [2.45, 2.75) is 25.2 Å². The summed E-state index contributed by atoms with van der Waals surface area (Å²) in [5, 5.41) is 0. The number of aryl methyl sites for hydroxylation is 1. The average Bonchev–Trinajstić information content (AvgIpc) is 2.55. The lowest BCUT2D eigenvalue weighted by Gasteiger charge is -2.27. The first-order valence-electron chi connectivity index (χ1n) is 7.14. The van der Waals surface area contributed by atoms with Crippen molar-refractivity contribution in [1.29, 1.82) is 0 Å². The second kappa shape index (κ2) is 6.51. The van der Waals surface area contributed by atoms with Crippen molar-refractivity contribution in [3.05, 3.63) is 29.7 Å². The maximum atomic E-state index is 14.1. The van der Waals surface area contributed by atoms with Crippen LogP contribution in [-0.2, 0) is 15.9 Å². The molecule has 6 nitrogen and oxygen atoms in total. The minimum absolute atomic E-state index is 0.0966. The Morgan fingerprint density at radius 2 is 2.14 bits per heavy atom. The molecule has 7 heteroatoms. The van der Waals surface area contributed by atoms with Crippen molar-refractivity contribution in [2.24, 2.45) is 5.73 Å². The zero-order valence-corrected chi connectivity index (χ0v) is 12.3. The zero-order chi connectivity index (χ0) is 15.5. The molecule has 1 saturated heterocycles. The standard InChI is InChI=1S/C15H18FN3O3/c1-20-13-4-3-12-15(19-13)10(11(16)6-18-12)2-5-14-21-7-9(17)8-22-14/h3-4,6,9,14H,2,5,7-8,17H2,1H3/t9-,14-. The van der Waals surface area contributed by atoms with Gasteiger partial charge in [-0.25, -0.2) is 9.37 Å². The van der Waals surface area contributed by atoms with E-state index in [2.05, 4.69) is 9.97 Å². The van der Waals surface area contributed by atoms with E-state index in [0.29, 0.717) is 48.5 Å². The van der Waals surface area contributed by atoms with Crippen molar-refractivity contribution >= 4 is 11.0 Å². The summed E-state index contributed by atoms with van der Waals surface area (Å²) in [6.07, 6.45) is 1.81. The molecule has 0 radical (unpaired) electrons. The average molecular weight is 307 g/mol.